The van der Waals surface area contributed by atoms with Crippen molar-refractivity contribution in [2.24, 2.45) is 0 Å². The second-order valence-electron chi connectivity index (χ2n) is 1.22. The molecule has 0 spiro atoms. The second-order valence-corrected chi connectivity index (χ2v) is 1.96. The normalized spacial score (nSPS) is 14.5. The van der Waals surface area contributed by atoms with E-state index >= 15 is 0 Å². The highest BCUT2D eigenvalue weighted by Crippen LogP contribution is 1.96. The summed E-state index contributed by atoms with van der Waals surface area (Å²) in [5.41, 5.74) is 0. The van der Waals surface area contributed by atoms with Crippen LogP contribution >= 0.6 is 11.8 Å². The third kappa shape index (κ3) is 4.31. The van der Waals surface area contributed by atoms with E-state index in [0.717, 1.165) is 5.75 Å². The summed E-state index contributed by atoms with van der Waals surface area (Å²) >= 11 is 1.41. The summed E-state index contributed by atoms with van der Waals surface area (Å²) in [6.45, 7) is 1.75. The van der Waals surface area contributed by atoms with Crippen LogP contribution < -0.4 is 0 Å². The van der Waals surface area contributed by atoms with E-state index < -0.39 is 0 Å². The first kappa shape index (κ1) is 6.31. The van der Waals surface area contributed by atoms with Gasteiger partial charge in [0.1, 0.15) is 0 Å². The minimum atomic E-state index is -0.201. The van der Waals surface area contributed by atoms with Gasteiger partial charge in [-0.25, -0.2) is 0 Å². The maximum absolute atomic E-state index is 8.49. The summed E-state index contributed by atoms with van der Waals surface area (Å²) in [5, 5.41) is 8.49. The molecule has 0 aliphatic rings. The van der Waals surface area contributed by atoms with Crippen LogP contribution in [0.3, 0.4) is 0 Å². The molecule has 0 aromatic carbocycles. The summed E-state index contributed by atoms with van der Waals surface area (Å²) in [5.74, 6) is 0.736. The van der Waals surface area contributed by atoms with Gasteiger partial charge in [0.25, 0.3) is 0 Å². The average molecular weight is 105 g/mol. The summed E-state index contributed by atoms with van der Waals surface area (Å²) in [4.78, 5) is 0. The topological polar surface area (TPSA) is 20.2 Å². The lowest BCUT2D eigenvalue weighted by atomic mass is 10.5. The van der Waals surface area contributed by atoms with Crippen molar-refractivity contribution >= 4 is 11.8 Å². The molecule has 0 bridgehead atoms. The number of aliphatic hydroxyl groups excluding tert-OH is 1. The van der Waals surface area contributed by atoms with Crippen LogP contribution in [0.25, 0.3) is 0 Å². The minimum absolute atomic E-state index is 0.201. The molecular weight excluding hydrogens is 96.1 g/mol. The molecule has 0 saturated heterocycles. The van der Waals surface area contributed by atoms with E-state index in [-0.39, 0.29) is 6.10 Å². The molecule has 0 saturated carbocycles. The number of hydrogen-bond acceptors (Lipinski definition) is 2. The number of aliphatic hydroxyl groups is 1. The molecule has 0 amide bonds. The molecule has 1 radical (unpaired) electrons. The van der Waals surface area contributed by atoms with E-state index in [4.69, 9.17) is 5.11 Å². The lowest BCUT2D eigenvalue weighted by Crippen LogP contribution is -2.00. The predicted molar refractivity (Wildman–Crippen MR) is 29.5 cm³/mol. The average Bonchev–Trinajstić information content (AvgIpc) is 1.35. The Labute approximate surface area is 42.8 Å². The Morgan fingerprint density at radius 2 is 2.50 bits per heavy atom. The highest BCUT2D eigenvalue weighted by atomic mass is 32.2. The molecule has 0 fully saturated rings. The lowest BCUT2D eigenvalue weighted by Gasteiger charge is -1.95. The van der Waals surface area contributed by atoms with Gasteiger partial charge in [-0.1, -0.05) is 0 Å². The lowest BCUT2D eigenvalue weighted by molar-refractivity contribution is 0.220. The molecule has 1 unspecified atom stereocenters. The summed E-state index contributed by atoms with van der Waals surface area (Å²) < 4.78 is 0. The molecule has 0 aliphatic heterocycles. The molecule has 0 aliphatic carbocycles. The fraction of sp³-hybridized carbons (Fsp3) is 0.750. The molecule has 2 heteroatoms. The zero-order valence-electron chi connectivity index (χ0n) is 3.85. The number of hydrogen-bond donors (Lipinski definition) is 1. The van der Waals surface area contributed by atoms with Crippen LogP contribution in [0.5, 0.6) is 0 Å². The van der Waals surface area contributed by atoms with E-state index in [0.29, 0.717) is 0 Å². The molecule has 6 heavy (non-hydrogen) atoms. The van der Waals surface area contributed by atoms with E-state index in [1.165, 1.54) is 11.8 Å². The van der Waals surface area contributed by atoms with E-state index in [9.17, 15) is 0 Å². The summed E-state index contributed by atoms with van der Waals surface area (Å²) in [6, 6.07) is 0. The van der Waals surface area contributed by atoms with Crippen LogP contribution in [-0.2, 0) is 0 Å². The molecule has 1 nitrogen and oxygen atoms in total. The molecule has 0 rings (SSSR count). The highest BCUT2D eigenvalue weighted by Gasteiger charge is 1.87. The molecule has 1 atom stereocenters. The Hall–Kier alpha value is 0.310. The van der Waals surface area contributed by atoms with Crippen LogP contribution in [0, 0.1) is 6.26 Å². The van der Waals surface area contributed by atoms with Gasteiger partial charge in [-0.15, -0.1) is 0 Å². The van der Waals surface area contributed by atoms with E-state index in [1.807, 2.05) is 0 Å². The number of rotatable bonds is 2. The summed E-state index contributed by atoms with van der Waals surface area (Å²) in [6.07, 6.45) is 3.28. The van der Waals surface area contributed by atoms with Crippen molar-refractivity contribution in [3.63, 3.8) is 0 Å². The van der Waals surface area contributed by atoms with Gasteiger partial charge in [-0.2, -0.15) is 11.8 Å². The minimum Gasteiger partial charge on any atom is -0.393 e. The maximum atomic E-state index is 8.49. The van der Waals surface area contributed by atoms with Gasteiger partial charge >= 0.3 is 0 Å². The van der Waals surface area contributed by atoms with Crippen molar-refractivity contribution < 1.29 is 5.11 Å². The smallest absolute Gasteiger partial charge is 0.0602 e. The first-order valence-corrected chi connectivity index (χ1v) is 2.98. The molecule has 0 aromatic rings. The fourth-order valence-electron chi connectivity index (χ4n) is 0.171. The van der Waals surface area contributed by atoms with Crippen molar-refractivity contribution in [1.29, 1.82) is 0 Å². The quantitative estimate of drug-likeness (QED) is 0.563. The van der Waals surface area contributed by atoms with Crippen molar-refractivity contribution in [3.05, 3.63) is 6.26 Å². The van der Waals surface area contributed by atoms with Crippen LogP contribution in [0.1, 0.15) is 6.92 Å². The standard InChI is InChI=1S/C4H9OS/c1-4(5)3-6-2/h4-5H,2-3H2,1H3. The Balaban J connectivity index is 2.63. The van der Waals surface area contributed by atoms with Gasteiger partial charge in [0, 0.05) is 12.0 Å². The van der Waals surface area contributed by atoms with Crippen molar-refractivity contribution in [2.75, 3.05) is 5.75 Å². The Kier molecular flexibility index (Phi) is 3.68. The van der Waals surface area contributed by atoms with Crippen molar-refractivity contribution in [2.45, 2.75) is 13.0 Å². The highest BCUT2D eigenvalue weighted by molar-refractivity contribution is 8.00. The monoisotopic (exact) mass is 105 g/mol. The SMILES string of the molecule is [CH2]SCC(C)O. The number of thioether (sulfide) groups is 1. The maximum Gasteiger partial charge on any atom is 0.0602 e. The van der Waals surface area contributed by atoms with Gasteiger partial charge in [0.05, 0.1) is 6.10 Å². The molecular formula is C4H9OS. The molecule has 0 aromatic heterocycles. The van der Waals surface area contributed by atoms with Gasteiger partial charge in [0.15, 0.2) is 0 Å². The van der Waals surface area contributed by atoms with Gasteiger partial charge in [-0.3, -0.25) is 0 Å². The molecule has 37 valence electrons. The Bertz CT molecular complexity index is 28.7. The molecule has 0 heterocycles. The molecule has 1 N–H and O–H groups in total. The zero-order valence-corrected chi connectivity index (χ0v) is 4.66. The van der Waals surface area contributed by atoms with Crippen molar-refractivity contribution in [3.8, 4) is 0 Å². The largest absolute Gasteiger partial charge is 0.393 e. The second kappa shape index (κ2) is 3.50. The van der Waals surface area contributed by atoms with E-state index in [2.05, 4.69) is 6.26 Å². The van der Waals surface area contributed by atoms with Gasteiger partial charge in [-0.05, 0) is 6.92 Å². The first-order valence-electron chi connectivity index (χ1n) is 1.82. The fourth-order valence-corrected chi connectivity index (χ4v) is 0.512. The van der Waals surface area contributed by atoms with Crippen molar-refractivity contribution in [1.82, 2.24) is 0 Å². The third-order valence-corrected chi connectivity index (χ3v) is 1.08. The van der Waals surface area contributed by atoms with Gasteiger partial charge < -0.3 is 5.11 Å². The van der Waals surface area contributed by atoms with Crippen LogP contribution in [0.4, 0.5) is 0 Å². The van der Waals surface area contributed by atoms with Crippen LogP contribution in [0.2, 0.25) is 0 Å². The van der Waals surface area contributed by atoms with Gasteiger partial charge in [0.2, 0.25) is 0 Å². The Morgan fingerprint density at radius 1 is 2.00 bits per heavy atom. The zero-order chi connectivity index (χ0) is 4.99. The predicted octanol–water partition coefficient (Wildman–Crippen LogP) is 0.892. The van der Waals surface area contributed by atoms with Crippen LogP contribution in [0.15, 0.2) is 0 Å². The Morgan fingerprint density at radius 3 is 2.50 bits per heavy atom. The summed E-state index contributed by atoms with van der Waals surface area (Å²) in [7, 11) is 0. The van der Waals surface area contributed by atoms with Crippen LogP contribution in [-0.4, -0.2) is 17.0 Å². The van der Waals surface area contributed by atoms with E-state index in [1.54, 1.807) is 6.92 Å². The first-order chi connectivity index (χ1) is 2.77. The third-order valence-electron chi connectivity index (χ3n) is 0.359.